The van der Waals surface area contributed by atoms with Crippen LogP contribution in [0.1, 0.15) is 27.7 Å². The van der Waals surface area contributed by atoms with Crippen molar-refractivity contribution in [3.05, 3.63) is 18.5 Å². The molecule has 0 saturated carbocycles. The zero-order valence-electron chi connectivity index (χ0n) is 11.3. The maximum atomic E-state index is 11.4. The summed E-state index contributed by atoms with van der Waals surface area (Å²) in [6.07, 6.45) is 4.17. The fraction of sp³-hybridized carbons (Fsp3) is 0.636. The highest BCUT2D eigenvalue weighted by Gasteiger charge is 2.51. The van der Waals surface area contributed by atoms with Crippen molar-refractivity contribution in [2.45, 2.75) is 38.9 Å². The molecule has 1 aromatic rings. The first-order valence-electron chi connectivity index (χ1n) is 5.77. The summed E-state index contributed by atoms with van der Waals surface area (Å²) in [6, 6.07) is 1.70. The average Bonchev–Trinajstić information content (AvgIpc) is 2.69. The van der Waals surface area contributed by atoms with Crippen LogP contribution in [0.5, 0.6) is 0 Å². The van der Waals surface area contributed by atoms with Gasteiger partial charge in [0.15, 0.2) is 0 Å². The number of nitrogens with zero attached hydrogens (tertiary/aromatic N) is 1. The number of hydrogen-bond donors (Lipinski definition) is 0. The molecule has 0 spiro atoms. The van der Waals surface area contributed by atoms with Gasteiger partial charge in [0.1, 0.15) is 0 Å². The summed E-state index contributed by atoms with van der Waals surface area (Å²) in [5.41, 5.74) is -0.144. The van der Waals surface area contributed by atoms with E-state index in [2.05, 4.69) is 0 Å². The molecule has 0 N–H and O–H groups in total. The Hall–Kier alpha value is -0.785. The fourth-order valence-corrected chi connectivity index (χ4v) is 2.31. The SMILES string of the molecule is CC1(C)OB(c2ccn(S(C)(=O)=O)c2)OC1(C)C. The molecule has 1 aliphatic heterocycles. The third-order valence-corrected chi connectivity index (χ3v) is 4.59. The van der Waals surface area contributed by atoms with Crippen LogP contribution in [0.4, 0.5) is 0 Å². The van der Waals surface area contributed by atoms with E-state index in [0.29, 0.717) is 5.46 Å². The van der Waals surface area contributed by atoms with E-state index in [1.807, 2.05) is 27.7 Å². The smallest absolute Gasteiger partial charge is 0.399 e. The molecule has 0 aliphatic carbocycles. The van der Waals surface area contributed by atoms with Crippen LogP contribution in [-0.2, 0) is 19.3 Å². The summed E-state index contributed by atoms with van der Waals surface area (Å²) < 4.78 is 35.6. The van der Waals surface area contributed by atoms with Crippen molar-refractivity contribution in [1.82, 2.24) is 3.97 Å². The molecule has 0 unspecified atom stereocenters. The van der Waals surface area contributed by atoms with Crippen molar-refractivity contribution in [2.24, 2.45) is 0 Å². The van der Waals surface area contributed by atoms with Gasteiger partial charge in [-0.25, -0.2) is 8.42 Å². The van der Waals surface area contributed by atoms with Gasteiger partial charge in [0.2, 0.25) is 10.0 Å². The van der Waals surface area contributed by atoms with Gasteiger partial charge in [-0.15, -0.1) is 0 Å². The third-order valence-electron chi connectivity index (χ3n) is 3.60. The second-order valence-electron chi connectivity index (χ2n) is 5.63. The van der Waals surface area contributed by atoms with Crippen LogP contribution in [0.25, 0.3) is 0 Å². The Balaban J connectivity index is 2.28. The maximum absolute atomic E-state index is 11.4. The molecule has 0 atom stereocenters. The zero-order chi connectivity index (χ0) is 13.8. The Bertz CT molecular complexity index is 545. The molecule has 100 valence electrons. The lowest BCUT2D eigenvalue weighted by molar-refractivity contribution is 0.00578. The van der Waals surface area contributed by atoms with Gasteiger partial charge in [-0.3, -0.25) is 3.97 Å². The predicted octanol–water partition coefficient (Wildman–Crippen LogP) is 0.595. The van der Waals surface area contributed by atoms with Crippen LogP contribution >= 0.6 is 0 Å². The zero-order valence-corrected chi connectivity index (χ0v) is 12.1. The van der Waals surface area contributed by atoms with E-state index >= 15 is 0 Å². The molecule has 2 rings (SSSR count). The van der Waals surface area contributed by atoms with Crippen molar-refractivity contribution in [3.63, 3.8) is 0 Å². The van der Waals surface area contributed by atoms with Gasteiger partial charge in [0, 0.05) is 17.9 Å². The molecule has 7 heteroatoms. The Kier molecular flexibility index (Phi) is 2.92. The number of rotatable bonds is 2. The molecule has 5 nitrogen and oxygen atoms in total. The summed E-state index contributed by atoms with van der Waals surface area (Å²) in [4.78, 5) is 0. The molecular formula is C11H18BNO4S. The Labute approximate surface area is 108 Å². The highest BCUT2D eigenvalue weighted by atomic mass is 32.2. The molecule has 1 saturated heterocycles. The van der Waals surface area contributed by atoms with E-state index in [0.717, 1.165) is 10.2 Å². The number of hydrogen-bond acceptors (Lipinski definition) is 4. The molecule has 0 bridgehead atoms. The summed E-state index contributed by atoms with van der Waals surface area (Å²) in [7, 11) is -3.79. The third kappa shape index (κ3) is 2.22. The molecule has 18 heavy (non-hydrogen) atoms. The first-order valence-corrected chi connectivity index (χ1v) is 7.62. The molecule has 0 amide bonds. The highest BCUT2D eigenvalue weighted by Crippen LogP contribution is 2.36. The van der Waals surface area contributed by atoms with E-state index in [1.54, 1.807) is 6.07 Å². The van der Waals surface area contributed by atoms with Gasteiger partial charge >= 0.3 is 7.12 Å². The van der Waals surface area contributed by atoms with Crippen molar-refractivity contribution in [3.8, 4) is 0 Å². The van der Waals surface area contributed by atoms with Crippen LogP contribution in [-0.4, -0.2) is 37.0 Å². The number of aromatic nitrogens is 1. The Morgan fingerprint density at radius 3 is 2.06 bits per heavy atom. The van der Waals surface area contributed by atoms with Crippen molar-refractivity contribution in [1.29, 1.82) is 0 Å². The molecule has 0 aromatic carbocycles. The molecular weight excluding hydrogens is 253 g/mol. The van der Waals surface area contributed by atoms with Crippen molar-refractivity contribution >= 4 is 22.6 Å². The normalized spacial score (nSPS) is 22.4. The molecule has 0 radical (unpaired) electrons. The van der Waals surface area contributed by atoms with E-state index in [1.165, 1.54) is 12.4 Å². The Morgan fingerprint density at radius 1 is 1.17 bits per heavy atom. The maximum Gasteiger partial charge on any atom is 0.496 e. The van der Waals surface area contributed by atoms with Crippen LogP contribution in [0.2, 0.25) is 0 Å². The van der Waals surface area contributed by atoms with Crippen LogP contribution in [0.3, 0.4) is 0 Å². The fourth-order valence-electron chi connectivity index (χ4n) is 1.72. The van der Waals surface area contributed by atoms with Crippen LogP contribution in [0.15, 0.2) is 18.5 Å². The van der Waals surface area contributed by atoms with Gasteiger partial charge in [0.25, 0.3) is 0 Å². The van der Waals surface area contributed by atoms with E-state index < -0.39 is 28.3 Å². The Morgan fingerprint density at radius 2 is 1.67 bits per heavy atom. The monoisotopic (exact) mass is 271 g/mol. The quantitative estimate of drug-likeness (QED) is 0.739. The van der Waals surface area contributed by atoms with E-state index in [4.69, 9.17) is 9.31 Å². The second-order valence-corrected chi connectivity index (χ2v) is 7.51. The summed E-state index contributed by atoms with van der Waals surface area (Å²) in [6.45, 7) is 7.84. The van der Waals surface area contributed by atoms with Crippen molar-refractivity contribution in [2.75, 3.05) is 6.26 Å². The standard InChI is InChI=1S/C11H18BNO4S/c1-10(2)11(3,4)17-12(16-10)9-6-7-13(8-9)18(5,14)15/h6-8H,1-5H3. The average molecular weight is 271 g/mol. The van der Waals surface area contributed by atoms with Gasteiger partial charge in [-0.1, -0.05) is 0 Å². The molecule has 2 heterocycles. The summed E-state index contributed by atoms with van der Waals surface area (Å²) in [5, 5.41) is 0. The second kappa shape index (κ2) is 3.85. The van der Waals surface area contributed by atoms with Crippen molar-refractivity contribution < 1.29 is 17.7 Å². The lowest BCUT2D eigenvalue weighted by atomic mass is 9.81. The minimum Gasteiger partial charge on any atom is -0.399 e. The lowest BCUT2D eigenvalue weighted by Gasteiger charge is -2.32. The van der Waals surface area contributed by atoms with Gasteiger partial charge < -0.3 is 9.31 Å². The van der Waals surface area contributed by atoms with Gasteiger partial charge in [0.05, 0.1) is 17.5 Å². The van der Waals surface area contributed by atoms with E-state index in [-0.39, 0.29) is 0 Å². The summed E-state index contributed by atoms with van der Waals surface area (Å²) >= 11 is 0. The highest BCUT2D eigenvalue weighted by molar-refractivity contribution is 7.89. The largest absolute Gasteiger partial charge is 0.496 e. The lowest BCUT2D eigenvalue weighted by Crippen LogP contribution is -2.41. The molecule has 1 fully saturated rings. The first kappa shape index (κ1) is 13.6. The van der Waals surface area contributed by atoms with E-state index in [9.17, 15) is 8.42 Å². The van der Waals surface area contributed by atoms with Gasteiger partial charge in [-0.05, 0) is 33.8 Å². The molecule has 1 aromatic heterocycles. The molecule has 1 aliphatic rings. The first-order chi connectivity index (χ1) is 8.03. The minimum absolute atomic E-state index is 0.426. The van der Waals surface area contributed by atoms with Gasteiger partial charge in [-0.2, -0.15) is 0 Å². The predicted molar refractivity (Wildman–Crippen MR) is 70.4 cm³/mol. The van der Waals surface area contributed by atoms with Crippen LogP contribution in [0, 0.1) is 0 Å². The minimum atomic E-state index is -3.26. The summed E-state index contributed by atoms with van der Waals surface area (Å²) in [5.74, 6) is 0. The van der Waals surface area contributed by atoms with Crippen LogP contribution < -0.4 is 5.46 Å². The topological polar surface area (TPSA) is 57.5 Å².